The summed E-state index contributed by atoms with van der Waals surface area (Å²) < 4.78 is 5.66. The van der Waals surface area contributed by atoms with E-state index in [1.165, 1.54) is 17.7 Å². The Balaban J connectivity index is 1.84. The summed E-state index contributed by atoms with van der Waals surface area (Å²) in [5.41, 5.74) is 2.26. The number of hydrogen-bond acceptors (Lipinski definition) is 3. The van der Waals surface area contributed by atoms with Crippen LogP contribution in [0, 0.1) is 18.3 Å². The fourth-order valence-electron chi connectivity index (χ4n) is 2.28. The molecule has 0 amide bonds. The Labute approximate surface area is 136 Å². The van der Waals surface area contributed by atoms with Gasteiger partial charge in [0.05, 0.1) is 24.2 Å². The van der Waals surface area contributed by atoms with Gasteiger partial charge in [-0.25, -0.2) is 4.79 Å². The largest absolute Gasteiger partial charge is 0.494 e. The molecule has 0 aliphatic heterocycles. The molecule has 0 saturated heterocycles. The SMILES string of the molecule is Cc1ccc(OCCCC(C#N)c2ccc(C(=O)O)cc2)cc1. The van der Waals surface area contributed by atoms with Crippen LogP contribution >= 0.6 is 0 Å². The van der Waals surface area contributed by atoms with Crippen molar-refractivity contribution >= 4 is 5.97 Å². The highest BCUT2D eigenvalue weighted by molar-refractivity contribution is 5.87. The van der Waals surface area contributed by atoms with Gasteiger partial charge in [0.15, 0.2) is 0 Å². The van der Waals surface area contributed by atoms with Crippen LogP contribution < -0.4 is 4.74 Å². The molecule has 0 heterocycles. The predicted octanol–water partition coefficient (Wildman–Crippen LogP) is 4.16. The van der Waals surface area contributed by atoms with E-state index in [1.54, 1.807) is 12.1 Å². The molecule has 0 fully saturated rings. The van der Waals surface area contributed by atoms with Gasteiger partial charge in [-0.05, 0) is 49.6 Å². The van der Waals surface area contributed by atoms with Crippen molar-refractivity contribution in [3.63, 3.8) is 0 Å². The number of aromatic carboxylic acids is 1. The van der Waals surface area contributed by atoms with Crippen molar-refractivity contribution in [2.75, 3.05) is 6.61 Å². The zero-order valence-corrected chi connectivity index (χ0v) is 13.0. The van der Waals surface area contributed by atoms with Crippen molar-refractivity contribution in [2.45, 2.75) is 25.7 Å². The first-order valence-electron chi connectivity index (χ1n) is 7.52. The number of ether oxygens (including phenoxy) is 1. The first-order chi connectivity index (χ1) is 11.1. The average molecular weight is 309 g/mol. The fourth-order valence-corrected chi connectivity index (χ4v) is 2.28. The first-order valence-corrected chi connectivity index (χ1v) is 7.52. The average Bonchev–Trinajstić information content (AvgIpc) is 2.57. The predicted molar refractivity (Wildman–Crippen MR) is 87.7 cm³/mol. The Hall–Kier alpha value is -2.80. The minimum absolute atomic E-state index is 0.230. The molecule has 0 saturated carbocycles. The fraction of sp³-hybridized carbons (Fsp3) is 0.263. The van der Waals surface area contributed by atoms with E-state index in [-0.39, 0.29) is 11.5 Å². The Bertz CT molecular complexity index is 684. The lowest BCUT2D eigenvalue weighted by molar-refractivity contribution is 0.0697. The van der Waals surface area contributed by atoms with Crippen molar-refractivity contribution < 1.29 is 14.6 Å². The lowest BCUT2D eigenvalue weighted by Crippen LogP contribution is -2.03. The number of carbonyl (C=O) groups is 1. The Kier molecular flexibility index (Phi) is 5.76. The van der Waals surface area contributed by atoms with Gasteiger partial charge in [-0.1, -0.05) is 29.8 Å². The zero-order valence-electron chi connectivity index (χ0n) is 13.0. The van der Waals surface area contributed by atoms with Gasteiger partial charge in [-0.3, -0.25) is 0 Å². The molecule has 1 N–H and O–H groups in total. The summed E-state index contributed by atoms with van der Waals surface area (Å²) in [5, 5.41) is 18.2. The van der Waals surface area contributed by atoms with Crippen LogP contribution in [0.4, 0.5) is 0 Å². The van der Waals surface area contributed by atoms with Crippen molar-refractivity contribution in [2.24, 2.45) is 0 Å². The summed E-state index contributed by atoms with van der Waals surface area (Å²) in [6.45, 7) is 2.57. The second kappa shape index (κ2) is 8.00. The Morgan fingerprint density at radius 2 is 1.83 bits per heavy atom. The third-order valence-electron chi connectivity index (χ3n) is 3.64. The minimum atomic E-state index is -0.962. The highest BCUT2D eigenvalue weighted by atomic mass is 16.5. The number of nitriles is 1. The van der Waals surface area contributed by atoms with Crippen LogP contribution in [0.5, 0.6) is 5.75 Å². The van der Waals surface area contributed by atoms with E-state index in [9.17, 15) is 10.1 Å². The van der Waals surface area contributed by atoms with Crippen molar-refractivity contribution in [1.29, 1.82) is 5.26 Å². The molecule has 0 radical (unpaired) electrons. The standard InChI is InChI=1S/C19H19NO3/c1-14-4-10-18(11-5-14)23-12-2-3-17(13-20)15-6-8-16(9-7-15)19(21)22/h4-11,17H,2-3,12H2,1H3,(H,21,22). The maximum absolute atomic E-state index is 10.8. The van der Waals surface area contributed by atoms with Gasteiger partial charge in [-0.15, -0.1) is 0 Å². The summed E-state index contributed by atoms with van der Waals surface area (Å²) in [6.07, 6.45) is 1.43. The lowest BCUT2D eigenvalue weighted by atomic mass is 9.95. The third kappa shape index (κ3) is 4.86. The van der Waals surface area contributed by atoms with Gasteiger partial charge in [-0.2, -0.15) is 5.26 Å². The van der Waals surface area contributed by atoms with Crippen LogP contribution in [0.15, 0.2) is 48.5 Å². The van der Waals surface area contributed by atoms with Crippen LogP contribution in [0.2, 0.25) is 0 Å². The summed E-state index contributed by atoms with van der Waals surface area (Å²) in [6, 6.07) is 16.6. The van der Waals surface area contributed by atoms with E-state index in [1.807, 2.05) is 31.2 Å². The van der Waals surface area contributed by atoms with Gasteiger partial charge < -0.3 is 9.84 Å². The molecule has 0 aliphatic rings. The summed E-state index contributed by atoms with van der Waals surface area (Å²) in [5.74, 6) is -0.383. The van der Waals surface area contributed by atoms with Gasteiger partial charge in [0.2, 0.25) is 0 Å². The highest BCUT2D eigenvalue weighted by Crippen LogP contribution is 2.21. The lowest BCUT2D eigenvalue weighted by Gasteiger charge is -2.11. The molecule has 1 unspecified atom stereocenters. The van der Waals surface area contributed by atoms with Crippen LogP contribution in [0.3, 0.4) is 0 Å². The molecule has 2 aromatic rings. The number of nitrogens with zero attached hydrogens (tertiary/aromatic N) is 1. The molecule has 0 aromatic heterocycles. The molecule has 4 heteroatoms. The molecule has 23 heavy (non-hydrogen) atoms. The normalized spacial score (nSPS) is 11.5. The highest BCUT2D eigenvalue weighted by Gasteiger charge is 2.11. The minimum Gasteiger partial charge on any atom is -0.494 e. The number of carboxylic acid groups (broad SMARTS) is 1. The van der Waals surface area contributed by atoms with Gasteiger partial charge >= 0.3 is 5.97 Å². The van der Waals surface area contributed by atoms with E-state index >= 15 is 0 Å². The van der Waals surface area contributed by atoms with Crippen LogP contribution in [-0.4, -0.2) is 17.7 Å². The van der Waals surface area contributed by atoms with Gasteiger partial charge in [0.1, 0.15) is 5.75 Å². The molecule has 118 valence electrons. The molecule has 0 bridgehead atoms. The van der Waals surface area contributed by atoms with E-state index < -0.39 is 5.97 Å². The second-order valence-electron chi connectivity index (χ2n) is 5.41. The molecular weight excluding hydrogens is 290 g/mol. The van der Waals surface area contributed by atoms with Crippen LogP contribution in [-0.2, 0) is 0 Å². The van der Waals surface area contributed by atoms with Crippen molar-refractivity contribution in [1.82, 2.24) is 0 Å². The second-order valence-corrected chi connectivity index (χ2v) is 5.41. The van der Waals surface area contributed by atoms with E-state index in [0.29, 0.717) is 13.0 Å². The van der Waals surface area contributed by atoms with Crippen LogP contribution in [0.1, 0.15) is 40.2 Å². The van der Waals surface area contributed by atoms with E-state index in [0.717, 1.165) is 17.7 Å². The molecule has 2 aromatic carbocycles. The quantitative estimate of drug-likeness (QED) is 0.780. The summed E-state index contributed by atoms with van der Waals surface area (Å²) >= 11 is 0. The number of hydrogen-bond donors (Lipinski definition) is 1. The molecule has 1 atom stereocenters. The Morgan fingerprint density at radius 3 is 2.39 bits per heavy atom. The smallest absolute Gasteiger partial charge is 0.335 e. The number of carboxylic acids is 1. The molecule has 4 nitrogen and oxygen atoms in total. The summed E-state index contributed by atoms with van der Waals surface area (Å²) in [7, 11) is 0. The first kappa shape index (κ1) is 16.6. The van der Waals surface area contributed by atoms with Crippen LogP contribution in [0.25, 0.3) is 0 Å². The number of aryl methyl sites for hydroxylation is 1. The number of rotatable bonds is 7. The van der Waals surface area contributed by atoms with Crippen molar-refractivity contribution in [3.8, 4) is 11.8 Å². The molecule has 0 spiro atoms. The zero-order chi connectivity index (χ0) is 16.7. The maximum atomic E-state index is 10.8. The molecule has 0 aliphatic carbocycles. The van der Waals surface area contributed by atoms with E-state index in [2.05, 4.69) is 6.07 Å². The molecule has 2 rings (SSSR count). The number of benzene rings is 2. The van der Waals surface area contributed by atoms with E-state index in [4.69, 9.17) is 9.84 Å². The van der Waals surface area contributed by atoms with Crippen molar-refractivity contribution in [3.05, 3.63) is 65.2 Å². The molecular formula is C19H19NO3. The van der Waals surface area contributed by atoms with Gasteiger partial charge in [0, 0.05) is 0 Å². The summed E-state index contributed by atoms with van der Waals surface area (Å²) in [4.78, 5) is 10.8. The topological polar surface area (TPSA) is 70.3 Å². The monoisotopic (exact) mass is 309 g/mol. The third-order valence-corrected chi connectivity index (χ3v) is 3.64. The maximum Gasteiger partial charge on any atom is 0.335 e. The Morgan fingerprint density at radius 1 is 1.17 bits per heavy atom. The van der Waals surface area contributed by atoms with Gasteiger partial charge in [0.25, 0.3) is 0 Å².